The van der Waals surface area contributed by atoms with Gasteiger partial charge >= 0.3 is 0 Å². The average Bonchev–Trinajstić information content (AvgIpc) is 2.28. The molecule has 0 aliphatic rings. The van der Waals surface area contributed by atoms with Gasteiger partial charge in [-0.1, -0.05) is 11.6 Å². The zero-order valence-electron chi connectivity index (χ0n) is 8.72. The molecule has 2 aromatic rings. The SMILES string of the molecule is CCN(N)c1c[n+]([O-])c2cc(Cl)ccc2n1. The molecular weight excluding hydrogens is 228 g/mol. The van der Waals surface area contributed by atoms with Crippen LogP contribution >= 0.6 is 11.6 Å². The molecule has 1 aromatic carbocycles. The second-order valence-electron chi connectivity index (χ2n) is 3.34. The molecule has 0 amide bonds. The van der Waals surface area contributed by atoms with Gasteiger partial charge in [-0.3, -0.25) is 5.01 Å². The number of fused-ring (bicyclic) bond motifs is 1. The van der Waals surface area contributed by atoms with Crippen molar-refractivity contribution in [1.82, 2.24) is 4.98 Å². The molecule has 2 rings (SSSR count). The van der Waals surface area contributed by atoms with Crippen LogP contribution in [0.4, 0.5) is 5.82 Å². The maximum atomic E-state index is 11.7. The maximum absolute atomic E-state index is 11.7. The van der Waals surface area contributed by atoms with Gasteiger partial charge in [-0.2, -0.15) is 4.73 Å². The molecule has 6 heteroatoms. The van der Waals surface area contributed by atoms with E-state index in [9.17, 15) is 5.21 Å². The van der Waals surface area contributed by atoms with Gasteiger partial charge in [0.05, 0.1) is 0 Å². The van der Waals surface area contributed by atoms with Gasteiger partial charge in [-0.25, -0.2) is 10.8 Å². The summed E-state index contributed by atoms with van der Waals surface area (Å²) in [5, 5.41) is 13.6. The summed E-state index contributed by atoms with van der Waals surface area (Å²) in [6, 6.07) is 4.96. The van der Waals surface area contributed by atoms with Crippen molar-refractivity contribution < 1.29 is 4.73 Å². The molecule has 0 atom stereocenters. The molecule has 0 aliphatic heterocycles. The molecule has 0 aliphatic carbocycles. The number of anilines is 1. The summed E-state index contributed by atoms with van der Waals surface area (Å²) in [6.07, 6.45) is 1.34. The van der Waals surface area contributed by atoms with E-state index in [4.69, 9.17) is 17.4 Å². The van der Waals surface area contributed by atoms with E-state index in [-0.39, 0.29) is 0 Å². The molecule has 0 bridgehead atoms. The Bertz CT molecular complexity index is 531. The summed E-state index contributed by atoms with van der Waals surface area (Å²) in [5.74, 6) is 6.11. The number of rotatable bonds is 2. The summed E-state index contributed by atoms with van der Waals surface area (Å²) in [6.45, 7) is 2.45. The Morgan fingerprint density at radius 2 is 2.31 bits per heavy atom. The Labute approximate surface area is 97.6 Å². The number of hydrogen-bond donors (Lipinski definition) is 1. The van der Waals surface area contributed by atoms with Gasteiger partial charge in [-0.15, -0.1) is 0 Å². The van der Waals surface area contributed by atoms with Gasteiger partial charge in [0, 0.05) is 17.6 Å². The molecule has 0 saturated carbocycles. The number of benzene rings is 1. The van der Waals surface area contributed by atoms with Crippen LogP contribution in [0.1, 0.15) is 6.92 Å². The van der Waals surface area contributed by atoms with Crippen molar-refractivity contribution in [3.05, 3.63) is 34.6 Å². The molecule has 2 N–H and O–H groups in total. The van der Waals surface area contributed by atoms with Crippen LogP contribution < -0.4 is 15.6 Å². The highest BCUT2D eigenvalue weighted by atomic mass is 35.5. The first kappa shape index (κ1) is 10.9. The average molecular weight is 239 g/mol. The van der Waals surface area contributed by atoms with E-state index in [0.717, 1.165) is 4.73 Å². The summed E-state index contributed by atoms with van der Waals surface area (Å²) < 4.78 is 0.721. The highest BCUT2D eigenvalue weighted by Gasteiger charge is 2.11. The Hall–Kier alpha value is -1.59. The lowest BCUT2D eigenvalue weighted by Crippen LogP contribution is -2.35. The van der Waals surface area contributed by atoms with Gasteiger partial charge < -0.3 is 5.21 Å². The van der Waals surface area contributed by atoms with Crippen molar-refractivity contribution in [1.29, 1.82) is 0 Å². The fourth-order valence-corrected chi connectivity index (χ4v) is 1.56. The van der Waals surface area contributed by atoms with Crippen LogP contribution in [0.5, 0.6) is 0 Å². The molecule has 0 radical (unpaired) electrons. The third-order valence-corrected chi connectivity index (χ3v) is 2.51. The van der Waals surface area contributed by atoms with E-state index >= 15 is 0 Å². The molecule has 0 saturated heterocycles. The molecular formula is C10H11ClN4O. The molecule has 1 heterocycles. The zero-order chi connectivity index (χ0) is 11.7. The zero-order valence-corrected chi connectivity index (χ0v) is 9.48. The lowest BCUT2D eigenvalue weighted by atomic mass is 10.3. The van der Waals surface area contributed by atoms with Gasteiger partial charge in [0.1, 0.15) is 5.52 Å². The van der Waals surface area contributed by atoms with Gasteiger partial charge in [0.25, 0.3) is 0 Å². The van der Waals surface area contributed by atoms with E-state index in [1.165, 1.54) is 11.2 Å². The van der Waals surface area contributed by atoms with E-state index in [2.05, 4.69) is 4.98 Å². The molecule has 0 spiro atoms. The second-order valence-corrected chi connectivity index (χ2v) is 3.78. The van der Waals surface area contributed by atoms with Crippen molar-refractivity contribution in [2.75, 3.05) is 11.6 Å². The minimum atomic E-state index is 0.431. The van der Waals surface area contributed by atoms with Crippen molar-refractivity contribution in [2.24, 2.45) is 5.84 Å². The first-order chi connectivity index (χ1) is 7.61. The monoisotopic (exact) mass is 238 g/mol. The topological polar surface area (TPSA) is 69.1 Å². The highest BCUT2D eigenvalue weighted by Crippen LogP contribution is 2.16. The van der Waals surface area contributed by atoms with E-state index in [0.29, 0.717) is 28.4 Å². The quantitative estimate of drug-likeness (QED) is 0.370. The molecule has 0 unspecified atom stereocenters. The van der Waals surface area contributed by atoms with E-state index < -0.39 is 0 Å². The van der Waals surface area contributed by atoms with Gasteiger partial charge in [0.15, 0.2) is 0 Å². The molecule has 84 valence electrons. The Balaban J connectivity index is 2.63. The minimum absolute atomic E-state index is 0.431. The first-order valence-corrected chi connectivity index (χ1v) is 5.21. The van der Waals surface area contributed by atoms with Crippen molar-refractivity contribution in [3.63, 3.8) is 0 Å². The molecule has 0 fully saturated rings. The maximum Gasteiger partial charge on any atom is 0.244 e. The Morgan fingerprint density at radius 3 is 3.00 bits per heavy atom. The third-order valence-electron chi connectivity index (χ3n) is 2.28. The fourth-order valence-electron chi connectivity index (χ4n) is 1.39. The predicted octanol–water partition coefficient (Wildman–Crippen LogP) is 1.22. The number of nitrogens with zero attached hydrogens (tertiary/aromatic N) is 3. The van der Waals surface area contributed by atoms with Crippen LogP contribution in [0.25, 0.3) is 11.0 Å². The summed E-state index contributed by atoms with van der Waals surface area (Å²) >= 11 is 5.81. The van der Waals surface area contributed by atoms with Gasteiger partial charge in [0.2, 0.25) is 17.5 Å². The summed E-state index contributed by atoms with van der Waals surface area (Å²) in [7, 11) is 0. The van der Waals surface area contributed by atoms with E-state index in [1.54, 1.807) is 18.2 Å². The third kappa shape index (κ3) is 1.87. The fraction of sp³-hybridized carbons (Fsp3) is 0.200. The van der Waals surface area contributed by atoms with Gasteiger partial charge in [-0.05, 0) is 19.1 Å². The predicted molar refractivity (Wildman–Crippen MR) is 62.9 cm³/mol. The van der Waals surface area contributed by atoms with E-state index in [1.807, 2.05) is 6.92 Å². The lowest BCUT2D eigenvalue weighted by molar-refractivity contribution is -0.576. The van der Waals surface area contributed by atoms with Crippen molar-refractivity contribution in [3.8, 4) is 0 Å². The summed E-state index contributed by atoms with van der Waals surface area (Å²) in [4.78, 5) is 4.27. The van der Waals surface area contributed by atoms with Crippen LogP contribution in [-0.4, -0.2) is 11.5 Å². The van der Waals surface area contributed by atoms with Crippen LogP contribution in [-0.2, 0) is 0 Å². The van der Waals surface area contributed by atoms with Crippen LogP contribution in [0, 0.1) is 5.21 Å². The normalized spacial score (nSPS) is 10.7. The number of nitrogens with two attached hydrogens (primary N) is 1. The number of halogens is 1. The first-order valence-electron chi connectivity index (χ1n) is 4.83. The van der Waals surface area contributed by atoms with Crippen LogP contribution in [0.2, 0.25) is 5.02 Å². The number of hydrazine groups is 1. The Kier molecular flexibility index (Phi) is 2.80. The highest BCUT2D eigenvalue weighted by molar-refractivity contribution is 6.31. The smallest absolute Gasteiger partial charge is 0.244 e. The largest absolute Gasteiger partial charge is 0.618 e. The van der Waals surface area contributed by atoms with Crippen LogP contribution in [0.15, 0.2) is 24.4 Å². The molecule has 5 nitrogen and oxygen atoms in total. The van der Waals surface area contributed by atoms with Crippen LogP contribution in [0.3, 0.4) is 0 Å². The number of aromatic nitrogens is 2. The second kappa shape index (κ2) is 4.11. The molecule has 16 heavy (non-hydrogen) atoms. The standard InChI is InChI=1S/C10H11ClN4O/c1-2-14(12)10-6-15(16)9-5-7(11)3-4-8(9)13-10/h3-6H,2,12H2,1H3. The van der Waals surface area contributed by atoms with Crippen molar-refractivity contribution >= 4 is 28.5 Å². The van der Waals surface area contributed by atoms with Crippen molar-refractivity contribution in [2.45, 2.75) is 6.92 Å². The number of hydrogen-bond acceptors (Lipinski definition) is 4. The summed E-state index contributed by atoms with van der Waals surface area (Å²) in [5.41, 5.74) is 1.00. The minimum Gasteiger partial charge on any atom is -0.618 e. The lowest BCUT2D eigenvalue weighted by Gasteiger charge is -2.14. The Morgan fingerprint density at radius 1 is 1.56 bits per heavy atom. The molecule has 1 aromatic heterocycles.